The molecule has 2 N–H and O–H groups in total. The summed E-state index contributed by atoms with van der Waals surface area (Å²) in [5, 5.41) is 0. The number of rotatable bonds is 0. The summed E-state index contributed by atoms with van der Waals surface area (Å²) < 4.78 is 0. The van der Waals surface area contributed by atoms with Crippen LogP contribution in [0.15, 0.2) is 22.9 Å². The van der Waals surface area contributed by atoms with Gasteiger partial charge in [-0.3, -0.25) is 0 Å². The van der Waals surface area contributed by atoms with E-state index < -0.39 is 0 Å². The monoisotopic (exact) mass is 365 g/mol. The maximum atomic E-state index is 6.55. The summed E-state index contributed by atoms with van der Waals surface area (Å²) in [6, 6.07) is 0. The second kappa shape index (κ2) is 6.14. The minimum atomic E-state index is 0.529. The van der Waals surface area contributed by atoms with E-state index in [2.05, 4.69) is 13.0 Å². The first-order valence-corrected chi connectivity index (χ1v) is 12.4. The largest absolute Gasteiger partial charge is 0.402 e. The third-order valence-electron chi connectivity index (χ3n) is 10.4. The molecule has 1 spiro atoms. The Morgan fingerprint density at radius 3 is 2.48 bits per heavy atom. The first-order valence-electron chi connectivity index (χ1n) is 12.4. The molecule has 1 heteroatoms. The van der Waals surface area contributed by atoms with Crippen molar-refractivity contribution < 1.29 is 0 Å². The van der Waals surface area contributed by atoms with E-state index in [0.717, 1.165) is 41.4 Å². The van der Waals surface area contributed by atoms with Crippen LogP contribution in [-0.2, 0) is 0 Å². The molecule has 6 rings (SSSR count). The topological polar surface area (TPSA) is 26.0 Å². The molecule has 148 valence electrons. The average molecular weight is 366 g/mol. The number of hydrogen-bond acceptors (Lipinski definition) is 1. The Labute approximate surface area is 166 Å². The van der Waals surface area contributed by atoms with Gasteiger partial charge >= 0.3 is 0 Å². The molecule has 8 atom stereocenters. The van der Waals surface area contributed by atoms with Crippen LogP contribution in [0.1, 0.15) is 90.4 Å². The van der Waals surface area contributed by atoms with Crippen LogP contribution in [0, 0.1) is 46.8 Å². The van der Waals surface area contributed by atoms with Gasteiger partial charge < -0.3 is 5.73 Å². The summed E-state index contributed by atoms with van der Waals surface area (Å²) in [4.78, 5) is 0. The van der Waals surface area contributed by atoms with Gasteiger partial charge in [-0.25, -0.2) is 0 Å². The van der Waals surface area contributed by atoms with Crippen molar-refractivity contribution >= 4 is 0 Å². The fourth-order valence-corrected chi connectivity index (χ4v) is 9.94. The molecule has 0 radical (unpaired) electrons. The third-order valence-corrected chi connectivity index (χ3v) is 10.4. The highest BCUT2D eigenvalue weighted by molar-refractivity contribution is 5.43. The summed E-state index contributed by atoms with van der Waals surface area (Å²) in [5.74, 6) is 6.51. The first-order chi connectivity index (χ1) is 13.2. The Kier molecular flexibility index (Phi) is 3.90. The zero-order chi connectivity index (χ0) is 18.2. The molecule has 0 aromatic carbocycles. The molecular weight excluding hydrogens is 326 g/mol. The van der Waals surface area contributed by atoms with Crippen molar-refractivity contribution in [2.75, 3.05) is 0 Å². The fourth-order valence-electron chi connectivity index (χ4n) is 9.94. The number of allylic oxidation sites excluding steroid dienone is 4. The molecule has 0 heterocycles. The van der Waals surface area contributed by atoms with Gasteiger partial charge in [0.2, 0.25) is 0 Å². The smallest absolute Gasteiger partial charge is 0.00484 e. The normalized spacial score (nSPS) is 51.4. The molecule has 0 saturated heterocycles. The van der Waals surface area contributed by atoms with E-state index in [9.17, 15) is 0 Å². The lowest BCUT2D eigenvalue weighted by Crippen LogP contribution is -2.44. The van der Waals surface area contributed by atoms with E-state index in [1.54, 1.807) is 0 Å². The standard InChI is InChI=1S/C26H39N/c1-16-7-6-10-21-19-9-3-5-12-23(19)26(25(16)21)22-11-4-2-8-18(22)20-14-13-17(27)15-24(20)26/h15-16,18-20,22-24H,2-14,27H2,1H3. The molecule has 6 aliphatic rings. The number of hydrogen-bond donors (Lipinski definition) is 1. The van der Waals surface area contributed by atoms with Crippen LogP contribution in [-0.4, -0.2) is 0 Å². The molecule has 3 fully saturated rings. The van der Waals surface area contributed by atoms with Crippen LogP contribution >= 0.6 is 0 Å². The lowest BCUT2D eigenvalue weighted by Gasteiger charge is -2.50. The van der Waals surface area contributed by atoms with Gasteiger partial charge in [0.25, 0.3) is 0 Å². The van der Waals surface area contributed by atoms with Crippen molar-refractivity contribution in [2.45, 2.75) is 90.4 Å². The second-order valence-electron chi connectivity index (χ2n) is 11.2. The average Bonchev–Trinajstić information content (AvgIpc) is 3.16. The van der Waals surface area contributed by atoms with Crippen LogP contribution < -0.4 is 5.73 Å². The lowest BCUT2D eigenvalue weighted by molar-refractivity contribution is 0.0402. The molecule has 0 amide bonds. The molecule has 0 bridgehead atoms. The Morgan fingerprint density at radius 1 is 0.815 bits per heavy atom. The number of fused-ring (bicyclic) bond motifs is 9. The fraction of sp³-hybridized carbons (Fsp3) is 0.846. The van der Waals surface area contributed by atoms with Gasteiger partial charge in [0.15, 0.2) is 0 Å². The second-order valence-corrected chi connectivity index (χ2v) is 11.2. The van der Waals surface area contributed by atoms with Crippen LogP contribution in [0.4, 0.5) is 0 Å². The van der Waals surface area contributed by atoms with E-state index in [1.807, 2.05) is 11.1 Å². The molecular formula is C26H39N. The summed E-state index contributed by atoms with van der Waals surface area (Å²) in [6.45, 7) is 2.61. The van der Waals surface area contributed by atoms with Crippen LogP contribution in [0.2, 0.25) is 0 Å². The molecule has 0 aliphatic heterocycles. The summed E-state index contributed by atoms with van der Waals surface area (Å²) in [6.07, 6.45) is 21.6. The van der Waals surface area contributed by atoms with Gasteiger partial charge in [-0.05, 0) is 99.2 Å². The maximum absolute atomic E-state index is 6.55. The molecule has 0 aromatic heterocycles. The van der Waals surface area contributed by atoms with Gasteiger partial charge in [0, 0.05) is 11.1 Å². The molecule has 1 nitrogen and oxygen atoms in total. The molecule has 3 saturated carbocycles. The predicted octanol–water partition coefficient (Wildman–Crippen LogP) is 6.60. The van der Waals surface area contributed by atoms with E-state index >= 15 is 0 Å². The van der Waals surface area contributed by atoms with Crippen molar-refractivity contribution in [3.8, 4) is 0 Å². The molecule has 8 unspecified atom stereocenters. The van der Waals surface area contributed by atoms with Crippen molar-refractivity contribution in [2.24, 2.45) is 52.6 Å². The third kappa shape index (κ3) is 2.13. The lowest BCUT2D eigenvalue weighted by atomic mass is 9.53. The summed E-state index contributed by atoms with van der Waals surface area (Å²) in [7, 11) is 0. The van der Waals surface area contributed by atoms with Crippen molar-refractivity contribution in [3.05, 3.63) is 22.9 Å². The Bertz CT molecular complexity index is 686. The highest BCUT2D eigenvalue weighted by Gasteiger charge is 2.68. The van der Waals surface area contributed by atoms with Gasteiger partial charge in [0.05, 0.1) is 0 Å². The van der Waals surface area contributed by atoms with Crippen molar-refractivity contribution in [1.82, 2.24) is 0 Å². The minimum Gasteiger partial charge on any atom is -0.402 e. The van der Waals surface area contributed by atoms with Gasteiger partial charge in [-0.15, -0.1) is 0 Å². The molecule has 27 heavy (non-hydrogen) atoms. The summed E-state index contributed by atoms with van der Waals surface area (Å²) >= 11 is 0. The quantitative estimate of drug-likeness (QED) is 0.481. The summed E-state index contributed by atoms with van der Waals surface area (Å²) in [5.41, 5.74) is 12.4. The zero-order valence-electron chi connectivity index (χ0n) is 17.4. The molecule has 6 aliphatic carbocycles. The van der Waals surface area contributed by atoms with Crippen molar-refractivity contribution in [1.29, 1.82) is 0 Å². The van der Waals surface area contributed by atoms with Gasteiger partial charge in [0.1, 0.15) is 0 Å². The van der Waals surface area contributed by atoms with Gasteiger partial charge in [-0.1, -0.05) is 49.8 Å². The highest BCUT2D eigenvalue weighted by Crippen LogP contribution is 2.75. The predicted molar refractivity (Wildman–Crippen MR) is 112 cm³/mol. The Morgan fingerprint density at radius 2 is 1.59 bits per heavy atom. The van der Waals surface area contributed by atoms with E-state index in [0.29, 0.717) is 5.41 Å². The Hall–Kier alpha value is -0.720. The maximum Gasteiger partial charge on any atom is 0.00484 e. The van der Waals surface area contributed by atoms with Crippen molar-refractivity contribution in [3.63, 3.8) is 0 Å². The minimum absolute atomic E-state index is 0.529. The zero-order valence-corrected chi connectivity index (χ0v) is 17.4. The van der Waals surface area contributed by atoms with Crippen LogP contribution in [0.25, 0.3) is 0 Å². The van der Waals surface area contributed by atoms with Crippen LogP contribution in [0.5, 0.6) is 0 Å². The van der Waals surface area contributed by atoms with Gasteiger partial charge in [-0.2, -0.15) is 0 Å². The van der Waals surface area contributed by atoms with E-state index in [4.69, 9.17) is 5.73 Å². The number of nitrogens with two attached hydrogens (primary N) is 1. The van der Waals surface area contributed by atoms with E-state index in [1.165, 1.54) is 89.2 Å². The SMILES string of the molecule is CC1CCCC2=C1C1(C3C=C(N)CCC3C3CCCCC31)C1CCCCC21. The highest BCUT2D eigenvalue weighted by atomic mass is 14.7. The van der Waals surface area contributed by atoms with E-state index in [-0.39, 0.29) is 0 Å². The molecule has 0 aromatic rings. The first kappa shape index (κ1) is 17.2. The van der Waals surface area contributed by atoms with Crippen LogP contribution in [0.3, 0.4) is 0 Å². The Balaban J connectivity index is 1.59.